The minimum atomic E-state index is -4.65. The van der Waals surface area contributed by atoms with Crippen molar-refractivity contribution in [3.63, 3.8) is 0 Å². The predicted molar refractivity (Wildman–Crippen MR) is 103 cm³/mol. The van der Waals surface area contributed by atoms with Crippen LogP contribution in [0.4, 0.5) is 13.2 Å². The summed E-state index contributed by atoms with van der Waals surface area (Å²) in [6.45, 7) is 3.85. The number of carbonyl (C=O) groups excluding carboxylic acids is 1. The Labute approximate surface area is 170 Å². The number of benzene rings is 1. The maximum absolute atomic E-state index is 13.6. The van der Waals surface area contributed by atoms with Gasteiger partial charge in [0.05, 0.1) is 25.1 Å². The number of alkyl halides is 3. The second-order valence-electron chi connectivity index (χ2n) is 6.89. The van der Waals surface area contributed by atoms with Crippen molar-refractivity contribution in [3.8, 4) is 11.3 Å². The molecule has 1 aromatic carbocycles. The third-order valence-electron chi connectivity index (χ3n) is 4.89. The predicted octanol–water partition coefficient (Wildman–Crippen LogP) is 2.48. The van der Waals surface area contributed by atoms with Crippen molar-refractivity contribution < 1.29 is 22.7 Å². The Kier molecular flexibility index (Phi) is 5.69. The molecule has 10 heteroatoms. The molecule has 7 nitrogen and oxygen atoms in total. The summed E-state index contributed by atoms with van der Waals surface area (Å²) in [5, 5.41) is 6.53. The zero-order chi connectivity index (χ0) is 21.1. The first-order valence-corrected chi connectivity index (χ1v) is 9.53. The van der Waals surface area contributed by atoms with E-state index in [4.69, 9.17) is 4.74 Å². The van der Waals surface area contributed by atoms with E-state index in [1.807, 2.05) is 0 Å². The largest absolute Gasteiger partial charge is 0.433 e. The maximum atomic E-state index is 13.6. The van der Waals surface area contributed by atoms with Crippen LogP contribution >= 0.6 is 0 Å². The molecule has 1 aliphatic rings. The molecular formula is C20H20F3N5O2. The number of hydrogen-bond donors (Lipinski definition) is 1. The summed E-state index contributed by atoms with van der Waals surface area (Å²) < 4.78 is 46.8. The molecule has 2 aromatic heterocycles. The third-order valence-corrected chi connectivity index (χ3v) is 4.89. The molecule has 1 N–H and O–H groups in total. The minimum Gasteiger partial charge on any atom is -0.379 e. The molecule has 1 amide bonds. The number of amides is 1. The Bertz CT molecular complexity index is 1030. The number of fused-ring (bicyclic) bond motifs is 1. The normalized spacial score (nSPS) is 15.4. The third kappa shape index (κ3) is 4.29. The molecule has 0 bridgehead atoms. The van der Waals surface area contributed by atoms with E-state index < -0.39 is 17.8 Å². The molecule has 0 atom stereocenters. The van der Waals surface area contributed by atoms with Crippen LogP contribution in [0.3, 0.4) is 0 Å². The van der Waals surface area contributed by atoms with Crippen LogP contribution in [0.1, 0.15) is 16.1 Å². The molecule has 0 radical (unpaired) electrons. The van der Waals surface area contributed by atoms with Gasteiger partial charge >= 0.3 is 6.18 Å². The Balaban J connectivity index is 1.62. The van der Waals surface area contributed by atoms with Gasteiger partial charge in [-0.2, -0.15) is 18.3 Å². The zero-order valence-electron chi connectivity index (χ0n) is 16.0. The number of morpholine rings is 1. The lowest BCUT2D eigenvalue weighted by Gasteiger charge is -2.26. The molecule has 1 aliphatic heterocycles. The van der Waals surface area contributed by atoms with Crippen LogP contribution in [0.25, 0.3) is 16.9 Å². The summed E-state index contributed by atoms with van der Waals surface area (Å²) in [5.74, 6) is -0.510. The number of rotatable bonds is 5. The fourth-order valence-corrected chi connectivity index (χ4v) is 3.33. The first-order valence-electron chi connectivity index (χ1n) is 9.53. The molecule has 0 spiro atoms. The Morgan fingerprint density at radius 3 is 2.60 bits per heavy atom. The first kappa shape index (κ1) is 20.3. The standard InChI is InChI=1S/C20H20F3N5O2/c21-20(22,23)17-12-16(14-4-2-1-3-5-14)26-18-15(13-25-28(17)18)19(29)24-6-7-27-8-10-30-11-9-27/h1-5,12-13H,6-11H2,(H,24,29). The summed E-state index contributed by atoms with van der Waals surface area (Å²) in [6.07, 6.45) is -3.53. The molecule has 0 unspecified atom stereocenters. The molecule has 0 saturated carbocycles. The summed E-state index contributed by atoms with van der Waals surface area (Å²) >= 11 is 0. The highest BCUT2D eigenvalue weighted by Gasteiger charge is 2.36. The van der Waals surface area contributed by atoms with E-state index in [9.17, 15) is 18.0 Å². The van der Waals surface area contributed by atoms with Gasteiger partial charge in [0.25, 0.3) is 5.91 Å². The zero-order valence-corrected chi connectivity index (χ0v) is 16.0. The summed E-state index contributed by atoms with van der Waals surface area (Å²) in [6, 6.07) is 9.46. The van der Waals surface area contributed by atoms with Crippen molar-refractivity contribution in [1.82, 2.24) is 24.8 Å². The lowest BCUT2D eigenvalue weighted by Crippen LogP contribution is -2.41. The van der Waals surface area contributed by atoms with Gasteiger partial charge in [-0.05, 0) is 6.07 Å². The summed E-state index contributed by atoms with van der Waals surface area (Å²) in [4.78, 5) is 19.1. The van der Waals surface area contributed by atoms with E-state index >= 15 is 0 Å². The van der Waals surface area contributed by atoms with Crippen LogP contribution in [-0.4, -0.2) is 64.8 Å². The number of nitrogens with one attached hydrogen (secondary N) is 1. The van der Waals surface area contributed by atoms with Gasteiger partial charge in [0, 0.05) is 31.7 Å². The Hall–Kier alpha value is -2.98. The van der Waals surface area contributed by atoms with Gasteiger partial charge in [-0.1, -0.05) is 30.3 Å². The summed E-state index contributed by atoms with van der Waals surface area (Å²) in [7, 11) is 0. The van der Waals surface area contributed by atoms with Gasteiger partial charge in [0.2, 0.25) is 0 Å². The topological polar surface area (TPSA) is 71.8 Å². The molecule has 3 aromatic rings. The van der Waals surface area contributed by atoms with Crippen molar-refractivity contribution in [2.75, 3.05) is 39.4 Å². The fraction of sp³-hybridized carbons (Fsp3) is 0.350. The highest BCUT2D eigenvalue weighted by Crippen LogP contribution is 2.32. The van der Waals surface area contributed by atoms with Crippen LogP contribution in [0.15, 0.2) is 42.6 Å². The van der Waals surface area contributed by atoms with Crippen LogP contribution in [-0.2, 0) is 10.9 Å². The van der Waals surface area contributed by atoms with E-state index in [2.05, 4.69) is 20.3 Å². The Morgan fingerprint density at radius 1 is 1.17 bits per heavy atom. The SMILES string of the molecule is O=C(NCCN1CCOCC1)c1cnn2c(C(F)(F)F)cc(-c3ccccc3)nc12. The van der Waals surface area contributed by atoms with Crippen molar-refractivity contribution in [3.05, 3.63) is 53.9 Å². The van der Waals surface area contributed by atoms with Crippen LogP contribution in [0, 0.1) is 0 Å². The number of halogens is 3. The smallest absolute Gasteiger partial charge is 0.379 e. The van der Waals surface area contributed by atoms with Gasteiger partial charge in [-0.3, -0.25) is 9.69 Å². The van der Waals surface area contributed by atoms with E-state index in [1.54, 1.807) is 30.3 Å². The van der Waals surface area contributed by atoms with Gasteiger partial charge in [-0.25, -0.2) is 9.50 Å². The number of nitrogens with zero attached hydrogens (tertiary/aromatic N) is 4. The lowest BCUT2D eigenvalue weighted by molar-refractivity contribution is -0.142. The fourth-order valence-electron chi connectivity index (χ4n) is 3.33. The van der Waals surface area contributed by atoms with Crippen molar-refractivity contribution in [1.29, 1.82) is 0 Å². The molecule has 0 aliphatic carbocycles. The van der Waals surface area contributed by atoms with Crippen molar-refractivity contribution >= 4 is 11.6 Å². The quantitative estimate of drug-likeness (QED) is 0.688. The van der Waals surface area contributed by atoms with Crippen molar-refractivity contribution in [2.45, 2.75) is 6.18 Å². The Morgan fingerprint density at radius 2 is 1.90 bits per heavy atom. The molecule has 30 heavy (non-hydrogen) atoms. The molecule has 3 heterocycles. The summed E-state index contributed by atoms with van der Waals surface area (Å²) in [5.41, 5.74) is -0.477. The second kappa shape index (κ2) is 8.41. The average Bonchev–Trinajstić information content (AvgIpc) is 3.17. The van der Waals surface area contributed by atoms with Crippen LogP contribution in [0.2, 0.25) is 0 Å². The number of carbonyl (C=O) groups is 1. The number of hydrogen-bond acceptors (Lipinski definition) is 5. The molecule has 1 fully saturated rings. The van der Waals surface area contributed by atoms with Gasteiger partial charge in [0.1, 0.15) is 5.56 Å². The van der Waals surface area contributed by atoms with Crippen molar-refractivity contribution in [2.24, 2.45) is 0 Å². The molecule has 4 rings (SSSR count). The lowest BCUT2D eigenvalue weighted by atomic mass is 10.1. The number of aromatic nitrogens is 3. The molecule has 158 valence electrons. The maximum Gasteiger partial charge on any atom is 0.433 e. The highest BCUT2D eigenvalue weighted by molar-refractivity contribution is 5.99. The van der Waals surface area contributed by atoms with E-state index in [0.717, 1.165) is 25.4 Å². The van der Waals surface area contributed by atoms with E-state index in [1.165, 1.54) is 0 Å². The average molecular weight is 419 g/mol. The van der Waals surface area contributed by atoms with Gasteiger partial charge in [-0.15, -0.1) is 0 Å². The van der Waals surface area contributed by atoms with Crippen LogP contribution < -0.4 is 5.32 Å². The molecular weight excluding hydrogens is 399 g/mol. The van der Waals surface area contributed by atoms with E-state index in [0.29, 0.717) is 36.4 Å². The van der Waals surface area contributed by atoms with Crippen LogP contribution in [0.5, 0.6) is 0 Å². The monoisotopic (exact) mass is 419 g/mol. The minimum absolute atomic E-state index is 0.000239. The molecule has 1 saturated heterocycles. The van der Waals surface area contributed by atoms with E-state index in [-0.39, 0.29) is 16.9 Å². The number of ether oxygens (including phenoxy) is 1. The second-order valence-corrected chi connectivity index (χ2v) is 6.89. The van der Waals surface area contributed by atoms with Gasteiger partial charge < -0.3 is 10.1 Å². The first-order chi connectivity index (χ1) is 14.4. The highest BCUT2D eigenvalue weighted by atomic mass is 19.4. The van der Waals surface area contributed by atoms with Gasteiger partial charge in [0.15, 0.2) is 11.3 Å².